The standard InChI is InChI=1S/C24H24N6O5S2/c1-35-22(34)15(13-25)11-19(21(32)33)29(17-8-4-3-5-9-17)14-20(31)26-16-7-6-10-18(12-16)30-23(36)27-28-24(30)37-2/h3-10,12,15,19H,11,14H2,1-2H3,(H,26,31)(H,27,36)(H,32,33). The molecule has 1 aromatic heterocycles. The molecule has 37 heavy (non-hydrogen) atoms. The maximum absolute atomic E-state index is 13.1. The van der Waals surface area contributed by atoms with Crippen LogP contribution in [0.2, 0.25) is 0 Å². The minimum absolute atomic E-state index is 0.355. The fraction of sp³-hybridized carbons (Fsp3) is 0.250. The van der Waals surface area contributed by atoms with Crippen LogP contribution in [0.1, 0.15) is 6.42 Å². The van der Waals surface area contributed by atoms with Gasteiger partial charge in [-0.15, -0.1) is 5.10 Å². The highest BCUT2D eigenvalue weighted by molar-refractivity contribution is 7.98. The summed E-state index contributed by atoms with van der Waals surface area (Å²) in [5.74, 6) is -3.95. The number of rotatable bonds is 11. The monoisotopic (exact) mass is 540 g/mol. The van der Waals surface area contributed by atoms with Gasteiger partial charge in [-0.3, -0.25) is 19.3 Å². The van der Waals surface area contributed by atoms with Gasteiger partial charge in [0.05, 0.1) is 25.4 Å². The number of aromatic amines is 1. The molecule has 13 heteroatoms. The molecule has 2 atom stereocenters. The third-order valence-electron chi connectivity index (χ3n) is 5.38. The van der Waals surface area contributed by atoms with Crippen LogP contribution in [0.4, 0.5) is 11.4 Å². The fourth-order valence-electron chi connectivity index (χ4n) is 3.65. The molecular formula is C24H24N6O5S2. The third-order valence-corrected chi connectivity index (χ3v) is 6.29. The molecule has 0 bridgehead atoms. The van der Waals surface area contributed by atoms with Gasteiger partial charge in [-0.05, 0) is 48.8 Å². The Kier molecular flexibility index (Phi) is 9.42. The van der Waals surface area contributed by atoms with Gasteiger partial charge in [0.15, 0.2) is 5.16 Å². The molecular weight excluding hydrogens is 516 g/mol. The van der Waals surface area contributed by atoms with E-state index in [1.54, 1.807) is 59.2 Å². The van der Waals surface area contributed by atoms with Gasteiger partial charge in [0, 0.05) is 17.8 Å². The molecule has 3 N–H and O–H groups in total. The van der Waals surface area contributed by atoms with Crippen molar-refractivity contribution in [3.63, 3.8) is 0 Å². The van der Waals surface area contributed by atoms with E-state index in [0.29, 0.717) is 27.0 Å². The molecule has 0 aliphatic carbocycles. The second-order valence-corrected chi connectivity index (χ2v) is 8.87. The molecule has 0 fully saturated rings. The van der Waals surface area contributed by atoms with Crippen LogP contribution >= 0.6 is 24.0 Å². The zero-order chi connectivity index (χ0) is 26.9. The van der Waals surface area contributed by atoms with E-state index in [0.717, 1.165) is 7.11 Å². The number of carboxylic acid groups (broad SMARTS) is 1. The van der Waals surface area contributed by atoms with Crippen molar-refractivity contribution in [3.8, 4) is 11.8 Å². The highest BCUT2D eigenvalue weighted by Crippen LogP contribution is 2.24. The molecule has 2 aromatic carbocycles. The summed E-state index contributed by atoms with van der Waals surface area (Å²) in [5.41, 5.74) is 1.58. The van der Waals surface area contributed by atoms with Gasteiger partial charge in [-0.1, -0.05) is 36.0 Å². The number of thioether (sulfide) groups is 1. The maximum Gasteiger partial charge on any atom is 0.326 e. The number of anilines is 2. The van der Waals surface area contributed by atoms with E-state index in [1.807, 2.05) is 12.3 Å². The van der Waals surface area contributed by atoms with Crippen molar-refractivity contribution in [2.75, 3.05) is 30.1 Å². The molecule has 3 rings (SSSR count). The molecule has 2 unspecified atom stereocenters. The Labute approximate surface area is 222 Å². The number of nitriles is 1. The first-order valence-electron chi connectivity index (χ1n) is 10.9. The van der Waals surface area contributed by atoms with E-state index in [1.165, 1.54) is 16.7 Å². The van der Waals surface area contributed by atoms with Gasteiger partial charge < -0.3 is 20.1 Å². The molecule has 192 valence electrons. The molecule has 1 heterocycles. The molecule has 0 aliphatic rings. The second kappa shape index (κ2) is 12.7. The number of hydrogen-bond donors (Lipinski definition) is 3. The summed E-state index contributed by atoms with van der Waals surface area (Å²) in [5, 5.41) is 29.7. The summed E-state index contributed by atoms with van der Waals surface area (Å²) < 4.78 is 6.74. The summed E-state index contributed by atoms with van der Waals surface area (Å²) >= 11 is 6.72. The van der Waals surface area contributed by atoms with Crippen molar-refractivity contribution in [1.82, 2.24) is 14.8 Å². The SMILES string of the molecule is COC(=O)C(C#N)CC(C(=O)O)N(CC(=O)Nc1cccc(-n2c(SC)n[nH]c2=S)c1)c1ccccc1. The number of methoxy groups -OCH3 is 1. The van der Waals surface area contributed by atoms with Crippen LogP contribution < -0.4 is 10.2 Å². The number of aliphatic carboxylic acids is 1. The lowest BCUT2D eigenvalue weighted by atomic mass is 9.99. The van der Waals surface area contributed by atoms with Crippen LogP contribution in [0.3, 0.4) is 0 Å². The van der Waals surface area contributed by atoms with Gasteiger partial charge in [0.25, 0.3) is 0 Å². The number of hydrogen-bond acceptors (Lipinski definition) is 9. The quantitative estimate of drug-likeness (QED) is 0.188. The summed E-state index contributed by atoms with van der Waals surface area (Å²) in [6, 6.07) is 15.8. The molecule has 0 saturated carbocycles. The molecule has 0 spiro atoms. The second-order valence-electron chi connectivity index (χ2n) is 7.71. The Hall–Kier alpha value is -4.15. The Morgan fingerprint density at radius 1 is 1.27 bits per heavy atom. The number of aromatic nitrogens is 3. The van der Waals surface area contributed by atoms with Crippen molar-refractivity contribution in [2.24, 2.45) is 5.92 Å². The van der Waals surface area contributed by atoms with E-state index in [9.17, 15) is 24.8 Å². The number of H-pyrrole nitrogens is 1. The van der Waals surface area contributed by atoms with Crippen molar-refractivity contribution in [1.29, 1.82) is 5.26 Å². The van der Waals surface area contributed by atoms with Crippen molar-refractivity contribution in [2.45, 2.75) is 17.6 Å². The van der Waals surface area contributed by atoms with E-state index in [-0.39, 0.29) is 13.0 Å². The zero-order valence-electron chi connectivity index (χ0n) is 20.0. The Morgan fingerprint density at radius 3 is 2.62 bits per heavy atom. The van der Waals surface area contributed by atoms with Crippen LogP contribution in [-0.4, -0.2) is 63.7 Å². The fourth-order valence-corrected chi connectivity index (χ4v) is 4.47. The van der Waals surface area contributed by atoms with Gasteiger partial charge in [-0.25, -0.2) is 4.79 Å². The minimum Gasteiger partial charge on any atom is -0.480 e. The van der Waals surface area contributed by atoms with Gasteiger partial charge in [0.2, 0.25) is 10.7 Å². The lowest BCUT2D eigenvalue weighted by Gasteiger charge is -2.31. The van der Waals surface area contributed by atoms with Gasteiger partial charge in [-0.2, -0.15) is 5.26 Å². The number of amides is 1. The van der Waals surface area contributed by atoms with Crippen molar-refractivity contribution in [3.05, 3.63) is 59.4 Å². The highest BCUT2D eigenvalue weighted by Gasteiger charge is 2.33. The predicted molar refractivity (Wildman–Crippen MR) is 140 cm³/mol. The number of benzene rings is 2. The predicted octanol–water partition coefficient (Wildman–Crippen LogP) is 3.25. The Morgan fingerprint density at radius 2 is 2.00 bits per heavy atom. The lowest BCUT2D eigenvalue weighted by molar-refractivity contribution is -0.144. The number of para-hydroxylation sites is 1. The van der Waals surface area contributed by atoms with Crippen LogP contribution in [0.25, 0.3) is 5.69 Å². The molecule has 3 aromatic rings. The number of nitrogens with one attached hydrogen (secondary N) is 2. The van der Waals surface area contributed by atoms with Crippen LogP contribution in [-0.2, 0) is 19.1 Å². The first-order chi connectivity index (χ1) is 17.8. The first-order valence-corrected chi connectivity index (χ1v) is 12.6. The number of carboxylic acids is 1. The lowest BCUT2D eigenvalue weighted by Crippen LogP contribution is -2.47. The average Bonchev–Trinajstić information content (AvgIpc) is 3.28. The van der Waals surface area contributed by atoms with Crippen molar-refractivity contribution >= 4 is 53.2 Å². The number of carbonyl (C=O) groups excluding carboxylic acids is 2. The highest BCUT2D eigenvalue weighted by atomic mass is 32.2. The Bertz CT molecular complexity index is 1370. The third kappa shape index (κ3) is 6.75. The largest absolute Gasteiger partial charge is 0.480 e. The zero-order valence-corrected chi connectivity index (χ0v) is 21.6. The van der Waals surface area contributed by atoms with E-state index < -0.39 is 29.8 Å². The smallest absolute Gasteiger partial charge is 0.326 e. The maximum atomic E-state index is 13.1. The number of ether oxygens (including phenoxy) is 1. The van der Waals surface area contributed by atoms with Crippen LogP contribution in [0, 0.1) is 22.0 Å². The number of carbonyl (C=O) groups is 3. The molecule has 0 radical (unpaired) electrons. The summed E-state index contributed by atoms with van der Waals surface area (Å²) in [7, 11) is 1.12. The van der Waals surface area contributed by atoms with Crippen molar-refractivity contribution < 1.29 is 24.2 Å². The van der Waals surface area contributed by atoms with Gasteiger partial charge in [0.1, 0.15) is 12.0 Å². The summed E-state index contributed by atoms with van der Waals surface area (Å²) in [6.07, 6.45) is 1.49. The van der Waals surface area contributed by atoms with E-state index >= 15 is 0 Å². The number of esters is 1. The normalized spacial score (nSPS) is 12.1. The molecule has 0 saturated heterocycles. The minimum atomic E-state index is -1.35. The van der Waals surface area contributed by atoms with Crippen LogP contribution in [0.5, 0.6) is 0 Å². The van der Waals surface area contributed by atoms with E-state index in [2.05, 4.69) is 20.3 Å². The van der Waals surface area contributed by atoms with Gasteiger partial charge >= 0.3 is 11.9 Å². The molecule has 11 nitrogen and oxygen atoms in total. The molecule has 1 amide bonds. The average molecular weight is 541 g/mol. The summed E-state index contributed by atoms with van der Waals surface area (Å²) in [6.45, 7) is -0.355. The van der Waals surface area contributed by atoms with E-state index in [4.69, 9.17) is 12.2 Å². The number of nitrogens with zero attached hydrogens (tertiary/aromatic N) is 4. The topological polar surface area (TPSA) is 153 Å². The molecule has 0 aliphatic heterocycles. The Balaban J connectivity index is 1.88. The summed E-state index contributed by atoms with van der Waals surface area (Å²) in [4.78, 5) is 38.6. The first kappa shape index (κ1) is 27.4. The van der Waals surface area contributed by atoms with Crippen LogP contribution in [0.15, 0.2) is 59.8 Å².